The molecule has 0 fully saturated rings. The Balaban J connectivity index is 1.54. The van der Waals surface area contributed by atoms with Crippen LogP contribution >= 0.6 is 0 Å². The molecule has 1 aromatic heterocycles. The Bertz CT molecular complexity index is 948. The molecule has 5 heteroatoms. The van der Waals surface area contributed by atoms with Gasteiger partial charge in [0.05, 0.1) is 11.2 Å². The average Bonchev–Trinajstić information content (AvgIpc) is 3.10. The summed E-state index contributed by atoms with van der Waals surface area (Å²) in [6.07, 6.45) is 2.73. The first-order chi connectivity index (χ1) is 12.8. The van der Waals surface area contributed by atoms with Gasteiger partial charge in [0.15, 0.2) is 0 Å². The number of carbonyl (C=O) groups excluding carboxylic acids is 1. The van der Waals surface area contributed by atoms with Crippen molar-refractivity contribution in [1.29, 1.82) is 0 Å². The number of fused-ring (bicyclic) bond motifs is 2. The molecule has 26 heavy (non-hydrogen) atoms. The summed E-state index contributed by atoms with van der Waals surface area (Å²) in [5.74, 6) is 0. The number of hydrogen-bond acceptors (Lipinski definition) is 3. The standard InChI is InChI=1S/C21H22N4O/c1-2-22-21(26)25-12-10-15-8-9-18(13-19(15)25)24-14-17-6-3-5-16-7-4-11-23-20(16)17/h3-9,11,13,24H,2,10,12,14H2,1H3,(H,22,26). The molecular formula is C21H22N4O. The number of para-hydroxylation sites is 1. The van der Waals surface area contributed by atoms with Crippen LogP contribution in [0.1, 0.15) is 18.1 Å². The van der Waals surface area contributed by atoms with Crippen molar-refractivity contribution in [3.05, 3.63) is 65.9 Å². The van der Waals surface area contributed by atoms with Crippen molar-refractivity contribution in [3.8, 4) is 0 Å². The second kappa shape index (κ2) is 7.04. The zero-order valence-electron chi connectivity index (χ0n) is 14.8. The van der Waals surface area contributed by atoms with E-state index in [1.165, 1.54) is 5.56 Å². The largest absolute Gasteiger partial charge is 0.381 e. The molecule has 0 radical (unpaired) electrons. The number of pyridine rings is 1. The van der Waals surface area contributed by atoms with Crippen molar-refractivity contribution in [1.82, 2.24) is 10.3 Å². The molecule has 1 aliphatic heterocycles. The highest BCUT2D eigenvalue weighted by Gasteiger charge is 2.24. The number of nitrogens with one attached hydrogen (secondary N) is 2. The van der Waals surface area contributed by atoms with Crippen LogP contribution in [0.3, 0.4) is 0 Å². The average molecular weight is 346 g/mol. The number of amides is 2. The molecule has 5 nitrogen and oxygen atoms in total. The van der Waals surface area contributed by atoms with Crippen LogP contribution in [0.4, 0.5) is 16.2 Å². The molecule has 132 valence electrons. The smallest absolute Gasteiger partial charge is 0.321 e. The van der Waals surface area contributed by atoms with Gasteiger partial charge in [0.1, 0.15) is 0 Å². The minimum Gasteiger partial charge on any atom is -0.381 e. The lowest BCUT2D eigenvalue weighted by Gasteiger charge is -2.18. The molecule has 4 rings (SSSR count). The first-order valence-electron chi connectivity index (χ1n) is 9.01. The molecule has 0 spiro atoms. The van der Waals surface area contributed by atoms with E-state index >= 15 is 0 Å². The SMILES string of the molecule is CCNC(=O)N1CCc2ccc(NCc3cccc4cccnc34)cc21. The summed E-state index contributed by atoms with van der Waals surface area (Å²) >= 11 is 0. The number of carbonyl (C=O) groups is 1. The topological polar surface area (TPSA) is 57.3 Å². The van der Waals surface area contributed by atoms with Crippen LogP contribution in [0.5, 0.6) is 0 Å². The summed E-state index contributed by atoms with van der Waals surface area (Å²) < 4.78 is 0. The van der Waals surface area contributed by atoms with Gasteiger partial charge in [0.25, 0.3) is 0 Å². The van der Waals surface area contributed by atoms with E-state index in [2.05, 4.69) is 58.1 Å². The van der Waals surface area contributed by atoms with Gasteiger partial charge in [-0.2, -0.15) is 0 Å². The molecule has 0 unspecified atom stereocenters. The highest BCUT2D eigenvalue weighted by atomic mass is 16.2. The van der Waals surface area contributed by atoms with E-state index < -0.39 is 0 Å². The second-order valence-electron chi connectivity index (χ2n) is 6.43. The van der Waals surface area contributed by atoms with Crippen LogP contribution < -0.4 is 15.5 Å². The number of hydrogen-bond donors (Lipinski definition) is 2. The van der Waals surface area contributed by atoms with Crippen molar-refractivity contribution in [3.63, 3.8) is 0 Å². The third kappa shape index (κ3) is 3.08. The maximum atomic E-state index is 12.2. The molecule has 2 heterocycles. The van der Waals surface area contributed by atoms with Crippen molar-refractivity contribution < 1.29 is 4.79 Å². The van der Waals surface area contributed by atoms with E-state index in [1.807, 2.05) is 24.1 Å². The molecule has 0 atom stereocenters. The van der Waals surface area contributed by atoms with E-state index in [-0.39, 0.29) is 6.03 Å². The molecule has 0 aliphatic carbocycles. The molecule has 0 bridgehead atoms. The fourth-order valence-corrected chi connectivity index (χ4v) is 3.45. The van der Waals surface area contributed by atoms with Crippen molar-refractivity contribution >= 4 is 28.3 Å². The second-order valence-corrected chi connectivity index (χ2v) is 6.43. The molecule has 0 saturated carbocycles. The van der Waals surface area contributed by atoms with Gasteiger partial charge in [-0.25, -0.2) is 4.79 Å². The zero-order chi connectivity index (χ0) is 17.9. The van der Waals surface area contributed by atoms with Gasteiger partial charge in [-0.1, -0.05) is 30.3 Å². The highest BCUT2D eigenvalue weighted by Crippen LogP contribution is 2.31. The summed E-state index contributed by atoms with van der Waals surface area (Å²) in [6, 6.07) is 16.5. The summed E-state index contributed by atoms with van der Waals surface area (Å²) in [5, 5.41) is 7.50. The van der Waals surface area contributed by atoms with Gasteiger partial charge in [0.2, 0.25) is 0 Å². The normalized spacial score (nSPS) is 12.9. The van der Waals surface area contributed by atoms with Crippen LogP contribution in [-0.2, 0) is 13.0 Å². The molecule has 1 aliphatic rings. The highest BCUT2D eigenvalue weighted by molar-refractivity contribution is 5.94. The fraction of sp³-hybridized carbons (Fsp3) is 0.238. The van der Waals surface area contributed by atoms with Gasteiger partial charge in [-0.15, -0.1) is 0 Å². The minimum absolute atomic E-state index is 0.0262. The Kier molecular flexibility index (Phi) is 4.44. The minimum atomic E-state index is -0.0262. The summed E-state index contributed by atoms with van der Waals surface area (Å²) in [5.41, 5.74) is 5.40. The van der Waals surface area contributed by atoms with Crippen LogP contribution in [0.2, 0.25) is 0 Å². The lowest BCUT2D eigenvalue weighted by atomic mass is 10.1. The molecular weight excluding hydrogens is 324 g/mol. The van der Waals surface area contributed by atoms with Gasteiger partial charge in [-0.3, -0.25) is 9.88 Å². The van der Waals surface area contributed by atoms with Crippen molar-refractivity contribution in [2.24, 2.45) is 0 Å². The van der Waals surface area contributed by atoms with Crippen LogP contribution in [0.15, 0.2) is 54.7 Å². The summed E-state index contributed by atoms with van der Waals surface area (Å²) in [6.45, 7) is 3.99. The van der Waals surface area contributed by atoms with Gasteiger partial charge in [-0.05, 0) is 42.7 Å². The third-order valence-electron chi connectivity index (χ3n) is 4.75. The molecule has 2 aromatic carbocycles. The molecule has 2 amide bonds. The van der Waals surface area contributed by atoms with E-state index in [4.69, 9.17) is 0 Å². The first-order valence-corrected chi connectivity index (χ1v) is 9.01. The number of anilines is 2. The summed E-state index contributed by atoms with van der Waals surface area (Å²) in [7, 11) is 0. The number of aromatic nitrogens is 1. The van der Waals surface area contributed by atoms with Gasteiger partial charge < -0.3 is 10.6 Å². The number of nitrogens with zero attached hydrogens (tertiary/aromatic N) is 2. The van der Waals surface area contributed by atoms with Crippen LogP contribution in [0.25, 0.3) is 10.9 Å². The molecule has 0 saturated heterocycles. The monoisotopic (exact) mass is 346 g/mol. The Morgan fingerprint density at radius 3 is 2.96 bits per heavy atom. The van der Waals surface area contributed by atoms with E-state index in [0.29, 0.717) is 13.1 Å². The Morgan fingerprint density at radius 1 is 1.19 bits per heavy atom. The fourth-order valence-electron chi connectivity index (χ4n) is 3.45. The third-order valence-corrected chi connectivity index (χ3v) is 4.75. The predicted molar refractivity (Wildman–Crippen MR) is 106 cm³/mol. The lowest BCUT2D eigenvalue weighted by molar-refractivity contribution is 0.247. The maximum Gasteiger partial charge on any atom is 0.321 e. The van der Waals surface area contributed by atoms with Crippen molar-refractivity contribution in [2.45, 2.75) is 19.9 Å². The van der Waals surface area contributed by atoms with E-state index in [9.17, 15) is 4.79 Å². The predicted octanol–water partition coefficient (Wildman–Crippen LogP) is 3.94. The number of urea groups is 1. The Morgan fingerprint density at radius 2 is 2.08 bits per heavy atom. The first kappa shape index (κ1) is 16.4. The Labute approximate surface area is 153 Å². The van der Waals surface area contributed by atoms with E-state index in [0.717, 1.165) is 40.8 Å². The zero-order valence-corrected chi connectivity index (χ0v) is 14.8. The lowest BCUT2D eigenvalue weighted by Crippen LogP contribution is -2.38. The number of rotatable bonds is 4. The van der Waals surface area contributed by atoms with Gasteiger partial charge >= 0.3 is 6.03 Å². The molecule has 3 aromatic rings. The van der Waals surface area contributed by atoms with E-state index in [1.54, 1.807) is 0 Å². The van der Waals surface area contributed by atoms with Crippen LogP contribution in [-0.4, -0.2) is 24.1 Å². The molecule has 2 N–H and O–H groups in total. The van der Waals surface area contributed by atoms with Gasteiger partial charge in [0, 0.05) is 36.9 Å². The Hall–Kier alpha value is -3.08. The maximum absolute atomic E-state index is 12.2. The summed E-state index contributed by atoms with van der Waals surface area (Å²) in [4.78, 5) is 18.6. The quantitative estimate of drug-likeness (QED) is 0.752. The number of benzene rings is 2. The van der Waals surface area contributed by atoms with Crippen molar-refractivity contribution in [2.75, 3.05) is 23.3 Å². The van der Waals surface area contributed by atoms with Crippen LogP contribution in [0, 0.1) is 0 Å².